The highest BCUT2D eigenvalue weighted by atomic mass is 35.5. The Hall–Kier alpha value is -1.72. The van der Waals surface area contributed by atoms with Crippen LogP contribution in [-0.2, 0) is 6.54 Å². The van der Waals surface area contributed by atoms with Gasteiger partial charge in [-0.1, -0.05) is 29.8 Å². The maximum atomic E-state index is 6.30. The number of pyridine rings is 1. The van der Waals surface area contributed by atoms with Crippen molar-refractivity contribution in [3.63, 3.8) is 0 Å². The molecular weight excluding hydrogens is 427 g/mol. The Kier molecular flexibility index (Phi) is 8.41. The number of hydrogen-bond acceptors (Lipinski definition) is 3. The van der Waals surface area contributed by atoms with Crippen molar-refractivity contribution in [3.05, 3.63) is 76.7 Å². The minimum atomic E-state index is 0. The van der Waals surface area contributed by atoms with Crippen LogP contribution in [0.4, 0.5) is 5.82 Å². The second kappa shape index (κ2) is 10.4. The summed E-state index contributed by atoms with van der Waals surface area (Å²) in [6.07, 6.45) is 1.81. The van der Waals surface area contributed by atoms with Crippen LogP contribution in [0.15, 0.2) is 54.7 Å². The molecule has 156 valence electrons. The van der Waals surface area contributed by atoms with Gasteiger partial charge in [0.2, 0.25) is 0 Å². The van der Waals surface area contributed by atoms with Crippen molar-refractivity contribution in [2.75, 3.05) is 31.1 Å². The summed E-state index contributed by atoms with van der Waals surface area (Å²) in [6.45, 7) is 9.33. The number of halogens is 3. The van der Waals surface area contributed by atoms with E-state index in [4.69, 9.17) is 11.6 Å². The highest BCUT2D eigenvalue weighted by molar-refractivity contribution is 6.32. The molecule has 4 nitrogen and oxygen atoms in total. The molecule has 0 saturated carbocycles. The molecule has 4 rings (SSSR count). The molecule has 0 radical (unpaired) electrons. The fourth-order valence-electron chi connectivity index (χ4n) is 3.93. The number of rotatable bonds is 4. The zero-order valence-corrected chi connectivity index (χ0v) is 19.1. The highest BCUT2D eigenvalue weighted by Gasteiger charge is 2.21. The number of anilines is 1. The zero-order valence-electron chi connectivity index (χ0n) is 16.7. The van der Waals surface area contributed by atoms with Crippen LogP contribution in [0.5, 0.6) is 0 Å². The lowest BCUT2D eigenvalue weighted by Gasteiger charge is -2.35. The summed E-state index contributed by atoms with van der Waals surface area (Å²) in [4.78, 5) is 9.25. The summed E-state index contributed by atoms with van der Waals surface area (Å²) in [5.74, 6) is 0.904. The number of aromatic nitrogens is 2. The van der Waals surface area contributed by atoms with Crippen LogP contribution in [0.25, 0.3) is 5.69 Å². The van der Waals surface area contributed by atoms with E-state index >= 15 is 0 Å². The quantitative estimate of drug-likeness (QED) is 0.535. The van der Waals surface area contributed by atoms with E-state index in [1.807, 2.05) is 18.3 Å². The number of hydrogen-bond donors (Lipinski definition) is 0. The molecule has 1 aliphatic heterocycles. The van der Waals surface area contributed by atoms with Crippen molar-refractivity contribution in [3.8, 4) is 5.69 Å². The van der Waals surface area contributed by atoms with Crippen molar-refractivity contribution in [1.82, 2.24) is 14.5 Å². The molecule has 1 aliphatic rings. The number of benzene rings is 1. The van der Waals surface area contributed by atoms with Crippen molar-refractivity contribution in [2.45, 2.75) is 20.4 Å². The van der Waals surface area contributed by atoms with Gasteiger partial charge in [-0.2, -0.15) is 0 Å². The van der Waals surface area contributed by atoms with E-state index in [-0.39, 0.29) is 24.8 Å². The monoisotopic (exact) mass is 452 g/mol. The Balaban J connectivity index is 0.00000150. The number of para-hydroxylation sites is 1. The molecule has 0 bridgehead atoms. The lowest BCUT2D eigenvalue weighted by molar-refractivity contribution is 0.249. The molecule has 0 atom stereocenters. The lowest BCUT2D eigenvalue weighted by atomic mass is 10.2. The van der Waals surface area contributed by atoms with E-state index in [1.165, 1.54) is 22.6 Å². The van der Waals surface area contributed by atoms with Crippen LogP contribution in [0, 0.1) is 13.8 Å². The normalized spacial score (nSPS) is 14.2. The average Bonchev–Trinajstić information content (AvgIpc) is 2.97. The standard InChI is InChI=1S/C22H25ClN4.2ClH/c1-17-15-19(18(2)27(17)20-7-4-3-5-8-20)16-25-11-13-26(14-12-25)22-21(23)9-6-10-24-22;;/h3-10,15H,11-14,16H2,1-2H3;2*1H. The highest BCUT2D eigenvalue weighted by Crippen LogP contribution is 2.25. The first-order valence-electron chi connectivity index (χ1n) is 9.44. The topological polar surface area (TPSA) is 24.3 Å². The second-order valence-corrected chi connectivity index (χ2v) is 7.55. The molecule has 0 N–H and O–H groups in total. The Morgan fingerprint density at radius 3 is 2.28 bits per heavy atom. The Labute approximate surface area is 190 Å². The van der Waals surface area contributed by atoms with Gasteiger partial charge in [-0.25, -0.2) is 4.98 Å². The van der Waals surface area contributed by atoms with Gasteiger partial charge < -0.3 is 9.47 Å². The van der Waals surface area contributed by atoms with E-state index < -0.39 is 0 Å². The number of aryl methyl sites for hydroxylation is 1. The minimum Gasteiger partial charge on any atom is -0.353 e. The second-order valence-electron chi connectivity index (χ2n) is 7.14. The van der Waals surface area contributed by atoms with E-state index in [9.17, 15) is 0 Å². The summed E-state index contributed by atoms with van der Waals surface area (Å²) in [5.41, 5.74) is 5.25. The fraction of sp³-hybridized carbons (Fsp3) is 0.318. The van der Waals surface area contributed by atoms with E-state index in [2.05, 4.69) is 69.6 Å². The van der Waals surface area contributed by atoms with Crippen molar-refractivity contribution >= 4 is 42.2 Å². The molecule has 0 amide bonds. The van der Waals surface area contributed by atoms with Gasteiger partial charge >= 0.3 is 0 Å². The molecule has 1 fully saturated rings. The first-order chi connectivity index (χ1) is 13.1. The van der Waals surface area contributed by atoms with Gasteiger partial charge in [0.25, 0.3) is 0 Å². The van der Waals surface area contributed by atoms with Gasteiger partial charge in [0.05, 0.1) is 5.02 Å². The van der Waals surface area contributed by atoms with Crippen LogP contribution >= 0.6 is 36.4 Å². The summed E-state index contributed by atoms with van der Waals surface area (Å²) in [6, 6.07) is 16.7. The first-order valence-corrected chi connectivity index (χ1v) is 9.82. The number of nitrogens with zero attached hydrogens (tertiary/aromatic N) is 4. The fourth-order valence-corrected chi connectivity index (χ4v) is 4.17. The molecule has 3 heterocycles. The summed E-state index contributed by atoms with van der Waals surface area (Å²) in [7, 11) is 0. The van der Waals surface area contributed by atoms with Gasteiger partial charge in [0.15, 0.2) is 0 Å². The summed E-state index contributed by atoms with van der Waals surface area (Å²) < 4.78 is 2.35. The molecule has 3 aromatic rings. The van der Waals surface area contributed by atoms with Crippen LogP contribution in [0.3, 0.4) is 0 Å². The summed E-state index contributed by atoms with van der Waals surface area (Å²) in [5, 5.41) is 0.734. The minimum absolute atomic E-state index is 0. The Morgan fingerprint density at radius 1 is 0.931 bits per heavy atom. The SMILES string of the molecule is Cc1cc(CN2CCN(c3ncccc3Cl)CC2)c(C)n1-c1ccccc1.Cl.Cl. The Bertz CT molecular complexity index is 919. The Morgan fingerprint density at radius 2 is 1.62 bits per heavy atom. The summed E-state index contributed by atoms with van der Waals surface area (Å²) >= 11 is 6.30. The molecule has 1 saturated heterocycles. The van der Waals surface area contributed by atoms with Crippen LogP contribution < -0.4 is 4.90 Å². The average molecular weight is 454 g/mol. The van der Waals surface area contributed by atoms with Crippen molar-refractivity contribution < 1.29 is 0 Å². The van der Waals surface area contributed by atoms with E-state index in [1.54, 1.807) is 0 Å². The smallest absolute Gasteiger partial charge is 0.147 e. The molecule has 0 spiro atoms. The molecule has 0 aliphatic carbocycles. The van der Waals surface area contributed by atoms with Crippen LogP contribution in [0.1, 0.15) is 17.0 Å². The maximum absolute atomic E-state index is 6.30. The molecular formula is C22H27Cl3N4. The maximum Gasteiger partial charge on any atom is 0.147 e. The molecule has 0 unspecified atom stereocenters. The predicted molar refractivity (Wildman–Crippen MR) is 126 cm³/mol. The van der Waals surface area contributed by atoms with Crippen LogP contribution in [0.2, 0.25) is 5.02 Å². The third kappa shape index (κ3) is 5.07. The van der Waals surface area contributed by atoms with Gasteiger partial charge in [0, 0.05) is 56.0 Å². The van der Waals surface area contributed by atoms with Gasteiger partial charge in [-0.05, 0) is 49.7 Å². The molecule has 2 aromatic heterocycles. The molecule has 1 aromatic carbocycles. The van der Waals surface area contributed by atoms with Crippen molar-refractivity contribution in [1.29, 1.82) is 0 Å². The molecule has 29 heavy (non-hydrogen) atoms. The molecule has 7 heteroatoms. The third-order valence-corrected chi connectivity index (χ3v) is 5.65. The van der Waals surface area contributed by atoms with Gasteiger partial charge in [-0.3, -0.25) is 4.90 Å². The number of piperazine rings is 1. The third-order valence-electron chi connectivity index (χ3n) is 5.36. The lowest BCUT2D eigenvalue weighted by Crippen LogP contribution is -2.46. The van der Waals surface area contributed by atoms with Crippen LogP contribution in [-0.4, -0.2) is 40.6 Å². The van der Waals surface area contributed by atoms with Crippen molar-refractivity contribution in [2.24, 2.45) is 0 Å². The zero-order chi connectivity index (χ0) is 18.8. The van der Waals surface area contributed by atoms with Gasteiger partial charge in [0.1, 0.15) is 5.82 Å². The van der Waals surface area contributed by atoms with E-state index in [0.717, 1.165) is 43.6 Å². The van der Waals surface area contributed by atoms with E-state index in [0.29, 0.717) is 0 Å². The first kappa shape index (κ1) is 23.6. The van der Waals surface area contributed by atoms with Gasteiger partial charge in [-0.15, -0.1) is 24.8 Å². The predicted octanol–water partition coefficient (Wildman–Crippen LogP) is 5.31. The largest absolute Gasteiger partial charge is 0.353 e.